The number of hydrogen-bond donors (Lipinski definition) is 1. The predicted molar refractivity (Wildman–Crippen MR) is 106 cm³/mol. The molecule has 160 valence electrons. The monoisotopic (exact) mass is 425 g/mol. The molecule has 1 aromatic carbocycles. The molecule has 1 saturated carbocycles. The van der Waals surface area contributed by atoms with E-state index in [4.69, 9.17) is 14.6 Å². The lowest BCUT2D eigenvalue weighted by molar-refractivity contribution is 0.126. The zero-order valence-corrected chi connectivity index (χ0v) is 17.7. The molecule has 0 bridgehead atoms. The van der Waals surface area contributed by atoms with Crippen LogP contribution in [0.25, 0.3) is 0 Å². The summed E-state index contributed by atoms with van der Waals surface area (Å²) in [5.41, 5.74) is 0.459. The molecule has 0 spiro atoms. The number of ether oxygens (including phenoxy) is 2. The van der Waals surface area contributed by atoms with Crippen LogP contribution >= 0.6 is 0 Å². The highest BCUT2D eigenvalue weighted by Gasteiger charge is 2.38. The number of amides is 3. The Morgan fingerprint density at radius 3 is 2.48 bits per heavy atom. The Morgan fingerprint density at radius 2 is 1.86 bits per heavy atom. The van der Waals surface area contributed by atoms with E-state index >= 15 is 0 Å². The lowest BCUT2D eigenvalue weighted by Crippen LogP contribution is -2.54. The third-order valence-electron chi connectivity index (χ3n) is 5.18. The van der Waals surface area contributed by atoms with Crippen molar-refractivity contribution in [2.45, 2.75) is 64.0 Å². The number of benzene rings is 1. The van der Waals surface area contributed by atoms with Crippen LogP contribution in [0.2, 0.25) is 0 Å². The Labute approximate surface area is 170 Å². The minimum Gasteiger partial charge on any atom is -0.483 e. The van der Waals surface area contributed by atoms with Gasteiger partial charge in [-0.3, -0.25) is 0 Å². The van der Waals surface area contributed by atoms with Gasteiger partial charge in [-0.25, -0.2) is 23.9 Å². The van der Waals surface area contributed by atoms with Crippen molar-refractivity contribution in [3.05, 3.63) is 23.8 Å². The molecular formula is C19H27N3O6S. The first-order valence-electron chi connectivity index (χ1n) is 9.62. The second kappa shape index (κ2) is 7.83. The normalized spacial score (nSPS) is 18.5. The molecule has 10 heteroatoms. The maximum atomic E-state index is 12.8. The first-order valence-corrected chi connectivity index (χ1v) is 11.1. The lowest BCUT2D eigenvalue weighted by Gasteiger charge is -2.33. The second-order valence-corrected chi connectivity index (χ2v) is 9.55. The summed E-state index contributed by atoms with van der Waals surface area (Å²) in [7, 11) is -3.16. The van der Waals surface area contributed by atoms with Crippen LogP contribution in [0.1, 0.15) is 51.5 Å². The fourth-order valence-electron chi connectivity index (χ4n) is 3.84. The molecule has 9 nitrogen and oxygen atoms in total. The Kier molecular flexibility index (Phi) is 5.77. The number of urea groups is 1. The van der Waals surface area contributed by atoms with E-state index in [1.165, 1.54) is 7.05 Å². The molecule has 1 heterocycles. The van der Waals surface area contributed by atoms with Crippen LogP contribution in [0.4, 0.5) is 9.59 Å². The van der Waals surface area contributed by atoms with Gasteiger partial charge in [0.05, 0.1) is 6.04 Å². The van der Waals surface area contributed by atoms with Gasteiger partial charge in [-0.2, -0.15) is 8.42 Å². The summed E-state index contributed by atoms with van der Waals surface area (Å²) in [5.74, 6) is 0.625. The third-order valence-corrected chi connectivity index (χ3v) is 6.18. The van der Waals surface area contributed by atoms with Gasteiger partial charge in [-0.15, -0.1) is 0 Å². The van der Waals surface area contributed by atoms with E-state index in [1.807, 2.05) is 19.9 Å². The third kappa shape index (κ3) is 4.64. The van der Waals surface area contributed by atoms with Crippen molar-refractivity contribution >= 4 is 22.3 Å². The molecule has 3 rings (SSSR count). The Bertz CT molecular complexity index is 909. The molecule has 0 aromatic heterocycles. The summed E-state index contributed by atoms with van der Waals surface area (Å²) in [4.78, 5) is 26.0. The number of carbonyl (C=O) groups excluding carboxylic acids is 2. The zero-order valence-electron chi connectivity index (χ0n) is 16.9. The Balaban J connectivity index is 1.78. The minimum atomic E-state index is -4.33. The van der Waals surface area contributed by atoms with E-state index in [0.717, 1.165) is 24.8 Å². The predicted octanol–water partition coefficient (Wildman–Crippen LogP) is 2.79. The minimum absolute atomic E-state index is 0.178. The number of nitrogens with two attached hydrogens (primary N) is 1. The van der Waals surface area contributed by atoms with Gasteiger partial charge < -0.3 is 9.47 Å². The lowest BCUT2D eigenvalue weighted by atomic mass is 9.96. The fourth-order valence-corrected chi connectivity index (χ4v) is 4.81. The summed E-state index contributed by atoms with van der Waals surface area (Å²) in [6.45, 7) is 3.84. The Morgan fingerprint density at radius 1 is 1.21 bits per heavy atom. The molecule has 1 fully saturated rings. The fraction of sp³-hybridized carbons (Fsp3) is 0.579. The average molecular weight is 426 g/mol. The quantitative estimate of drug-likeness (QED) is 0.795. The largest absolute Gasteiger partial charge is 0.483 e. The summed E-state index contributed by atoms with van der Waals surface area (Å²) in [5, 5.41) is 5.28. The van der Waals surface area contributed by atoms with Crippen molar-refractivity contribution in [3.63, 3.8) is 0 Å². The summed E-state index contributed by atoms with van der Waals surface area (Å²) >= 11 is 0. The maximum absolute atomic E-state index is 12.8. The van der Waals surface area contributed by atoms with Gasteiger partial charge in [0, 0.05) is 19.0 Å². The van der Waals surface area contributed by atoms with E-state index in [1.54, 1.807) is 12.1 Å². The van der Waals surface area contributed by atoms with Crippen LogP contribution in [0.5, 0.6) is 11.5 Å². The molecule has 2 aliphatic rings. The molecule has 1 aromatic rings. The highest BCUT2D eigenvalue weighted by atomic mass is 32.2. The van der Waals surface area contributed by atoms with Crippen LogP contribution in [0.15, 0.2) is 18.2 Å². The van der Waals surface area contributed by atoms with Gasteiger partial charge in [-0.1, -0.05) is 31.4 Å². The molecule has 0 saturated heterocycles. The highest BCUT2D eigenvalue weighted by molar-refractivity contribution is 7.87. The standard InChI is InChI=1S/C19H27N3O6S/c1-19(2)12-13-8-7-11-15(16(13)28-19)27-18(24)21(3)17(23)22(29(20,25)26)14-9-5-4-6-10-14/h7-8,11,14H,4-6,9-10,12H2,1-3H3,(H2,20,25,26). The number of nitrogens with zero attached hydrogens (tertiary/aromatic N) is 2. The van der Waals surface area contributed by atoms with E-state index in [9.17, 15) is 18.0 Å². The summed E-state index contributed by atoms with van der Waals surface area (Å²) < 4.78 is 36.0. The molecule has 1 aliphatic heterocycles. The molecule has 0 radical (unpaired) electrons. The molecule has 3 amide bonds. The van der Waals surface area contributed by atoms with Crippen LogP contribution in [-0.4, -0.2) is 48.4 Å². The number of para-hydroxylation sites is 1. The van der Waals surface area contributed by atoms with E-state index in [0.29, 0.717) is 34.2 Å². The van der Waals surface area contributed by atoms with Gasteiger partial charge in [0.15, 0.2) is 11.5 Å². The van der Waals surface area contributed by atoms with Gasteiger partial charge >= 0.3 is 22.3 Å². The first kappa shape index (κ1) is 21.4. The van der Waals surface area contributed by atoms with E-state index < -0.39 is 34.0 Å². The van der Waals surface area contributed by atoms with Gasteiger partial charge in [-0.05, 0) is 32.8 Å². The van der Waals surface area contributed by atoms with Gasteiger partial charge in [0.2, 0.25) is 0 Å². The number of hydrogen-bond acceptors (Lipinski definition) is 6. The number of imide groups is 1. The van der Waals surface area contributed by atoms with Crippen LogP contribution in [0.3, 0.4) is 0 Å². The van der Waals surface area contributed by atoms with Gasteiger partial charge in [0.1, 0.15) is 5.60 Å². The van der Waals surface area contributed by atoms with Crippen LogP contribution < -0.4 is 14.6 Å². The van der Waals surface area contributed by atoms with Crippen molar-refractivity contribution in [2.75, 3.05) is 7.05 Å². The highest BCUT2D eigenvalue weighted by Crippen LogP contribution is 2.41. The van der Waals surface area contributed by atoms with E-state index in [2.05, 4.69) is 0 Å². The molecule has 0 atom stereocenters. The number of carbonyl (C=O) groups is 2. The zero-order chi connectivity index (χ0) is 21.4. The van der Waals surface area contributed by atoms with Crippen molar-refractivity contribution in [1.29, 1.82) is 0 Å². The summed E-state index contributed by atoms with van der Waals surface area (Å²) in [6, 6.07) is 3.58. The molecule has 1 aliphatic carbocycles. The Hall–Kier alpha value is -2.33. The topological polar surface area (TPSA) is 119 Å². The SMILES string of the molecule is CN(C(=O)Oc1cccc2c1OC(C)(C)C2)C(=O)N(C1CCCCC1)S(N)(=O)=O. The number of rotatable bonds is 3. The average Bonchev–Trinajstić information content (AvgIpc) is 2.95. The van der Waals surface area contributed by atoms with Crippen molar-refractivity contribution in [3.8, 4) is 11.5 Å². The molecule has 0 unspecified atom stereocenters. The summed E-state index contributed by atoms with van der Waals surface area (Å²) in [6.07, 6.45) is 3.23. The second-order valence-electron chi connectivity index (χ2n) is 8.13. The maximum Gasteiger partial charge on any atom is 0.423 e. The van der Waals surface area contributed by atoms with E-state index in [-0.39, 0.29) is 5.75 Å². The van der Waals surface area contributed by atoms with Crippen LogP contribution in [0, 0.1) is 0 Å². The first-order chi connectivity index (χ1) is 13.5. The number of fused-ring (bicyclic) bond motifs is 1. The van der Waals surface area contributed by atoms with Crippen molar-refractivity contribution < 1.29 is 27.5 Å². The van der Waals surface area contributed by atoms with Crippen molar-refractivity contribution in [1.82, 2.24) is 9.21 Å². The molecule has 29 heavy (non-hydrogen) atoms. The van der Waals surface area contributed by atoms with Crippen LogP contribution in [-0.2, 0) is 16.6 Å². The molecule has 2 N–H and O–H groups in total. The smallest absolute Gasteiger partial charge is 0.423 e. The van der Waals surface area contributed by atoms with Crippen molar-refractivity contribution in [2.24, 2.45) is 5.14 Å². The molecular weight excluding hydrogens is 398 g/mol. The van der Waals surface area contributed by atoms with Gasteiger partial charge in [0.25, 0.3) is 0 Å².